The Bertz CT molecular complexity index is 696. The largest absolute Gasteiger partial charge is 0.508 e. The number of phenolic OH excluding ortho intramolecular Hbond substituents is 2. The maximum Gasteiger partial charge on any atom is 0.115 e. The lowest BCUT2D eigenvalue weighted by molar-refractivity contribution is 0.345. The molecular weight excluding hydrogens is 320 g/mol. The van der Waals surface area contributed by atoms with Gasteiger partial charge in [-0.25, -0.2) is 0 Å². The van der Waals surface area contributed by atoms with E-state index in [1.165, 1.54) is 30.4 Å². The second kappa shape index (κ2) is 8.57. The van der Waals surface area contributed by atoms with Crippen LogP contribution in [0.5, 0.6) is 11.5 Å². The molecule has 3 aromatic carbocycles. The molecule has 0 radical (unpaired) electrons. The van der Waals surface area contributed by atoms with Gasteiger partial charge in [-0.1, -0.05) is 79.9 Å². The summed E-state index contributed by atoms with van der Waals surface area (Å²) in [7, 11) is 0. The third-order valence-corrected chi connectivity index (χ3v) is 5.21. The van der Waals surface area contributed by atoms with Crippen LogP contribution in [0.25, 0.3) is 0 Å². The second-order valence-electron chi connectivity index (χ2n) is 6.89. The highest BCUT2D eigenvalue weighted by molar-refractivity contribution is 5.43. The second-order valence-corrected chi connectivity index (χ2v) is 6.89. The van der Waals surface area contributed by atoms with Gasteiger partial charge in [0.1, 0.15) is 11.5 Å². The lowest BCUT2D eigenvalue weighted by atomic mass is 9.65. The average molecular weight is 346 g/mol. The molecule has 0 saturated heterocycles. The van der Waals surface area contributed by atoms with Crippen molar-refractivity contribution in [1.82, 2.24) is 0 Å². The van der Waals surface area contributed by atoms with Crippen LogP contribution in [0.15, 0.2) is 84.9 Å². The van der Waals surface area contributed by atoms with Crippen LogP contribution in [0.1, 0.15) is 43.2 Å². The summed E-state index contributed by atoms with van der Waals surface area (Å²) in [5.74, 6) is 0.621. The minimum absolute atomic E-state index is 0.0274. The van der Waals surface area contributed by atoms with E-state index in [9.17, 15) is 10.2 Å². The highest BCUT2D eigenvalue weighted by atomic mass is 16.3. The predicted octanol–water partition coefficient (Wildman–Crippen LogP) is 6.03. The fourth-order valence-corrected chi connectivity index (χ4v) is 3.85. The van der Waals surface area contributed by atoms with Gasteiger partial charge < -0.3 is 10.2 Å². The fourth-order valence-electron chi connectivity index (χ4n) is 3.85. The van der Waals surface area contributed by atoms with E-state index in [0.717, 1.165) is 12.8 Å². The summed E-state index contributed by atoms with van der Waals surface area (Å²) in [6.45, 7) is 0. The first kappa shape index (κ1) is 18.1. The number of aromatic hydroxyl groups is 2. The molecule has 2 N–H and O–H groups in total. The van der Waals surface area contributed by atoms with Crippen LogP contribution in [-0.2, 0) is 5.41 Å². The van der Waals surface area contributed by atoms with Crippen molar-refractivity contribution in [1.29, 1.82) is 0 Å². The fraction of sp³-hybridized carbons (Fsp3) is 0.250. The van der Waals surface area contributed by atoms with Gasteiger partial charge in [-0.2, -0.15) is 0 Å². The molecule has 0 spiro atoms. The summed E-state index contributed by atoms with van der Waals surface area (Å²) < 4.78 is 0. The number of hydrogen-bond donors (Lipinski definition) is 2. The first-order valence-corrected chi connectivity index (χ1v) is 9.30. The van der Waals surface area contributed by atoms with Crippen molar-refractivity contribution >= 4 is 0 Å². The van der Waals surface area contributed by atoms with Crippen LogP contribution in [0.3, 0.4) is 0 Å². The molecule has 134 valence electrons. The lowest BCUT2D eigenvalue weighted by Crippen LogP contribution is -2.30. The molecule has 2 nitrogen and oxygen atoms in total. The summed E-state index contributed by atoms with van der Waals surface area (Å²) in [6, 6.07) is 27.2. The smallest absolute Gasteiger partial charge is 0.115 e. The van der Waals surface area contributed by atoms with E-state index in [-0.39, 0.29) is 5.41 Å². The summed E-state index contributed by atoms with van der Waals surface area (Å²) in [6.07, 6.45) is 5.99. The molecule has 0 heterocycles. The normalized spacial score (nSPS) is 15.5. The molecule has 0 bridgehead atoms. The first-order chi connectivity index (χ1) is 12.7. The lowest BCUT2D eigenvalue weighted by Gasteiger charge is -2.38. The van der Waals surface area contributed by atoms with Gasteiger partial charge >= 0.3 is 0 Å². The van der Waals surface area contributed by atoms with Gasteiger partial charge in [0, 0.05) is 5.41 Å². The van der Waals surface area contributed by atoms with Crippen LogP contribution in [0.4, 0.5) is 0 Å². The van der Waals surface area contributed by atoms with Crippen LogP contribution >= 0.6 is 0 Å². The van der Waals surface area contributed by atoms with Crippen LogP contribution in [0.2, 0.25) is 0 Å². The molecule has 1 aliphatic carbocycles. The Kier molecular flexibility index (Phi) is 5.96. The molecule has 0 aromatic heterocycles. The Balaban J connectivity index is 0.000000278. The molecule has 1 aliphatic rings. The molecule has 2 heteroatoms. The summed E-state index contributed by atoms with van der Waals surface area (Å²) in [5, 5.41) is 19.0. The van der Waals surface area contributed by atoms with Gasteiger partial charge in [0.2, 0.25) is 0 Å². The van der Waals surface area contributed by atoms with E-state index in [2.05, 4.69) is 0 Å². The molecular formula is C24H26O2. The highest BCUT2D eigenvalue weighted by Crippen LogP contribution is 2.45. The Morgan fingerprint density at radius 1 is 0.500 bits per heavy atom. The van der Waals surface area contributed by atoms with Crippen molar-refractivity contribution in [2.45, 2.75) is 37.5 Å². The molecule has 0 amide bonds. The van der Waals surface area contributed by atoms with Crippen molar-refractivity contribution in [2.75, 3.05) is 0 Å². The SMILES string of the molecule is Oc1ccc(C2(c3ccc(O)cc3)CCCCC2)cc1.c1ccccc1. The van der Waals surface area contributed by atoms with E-state index in [0.29, 0.717) is 11.5 Å². The number of phenols is 2. The van der Waals surface area contributed by atoms with Crippen molar-refractivity contribution in [3.05, 3.63) is 96.1 Å². The predicted molar refractivity (Wildman–Crippen MR) is 107 cm³/mol. The molecule has 0 unspecified atom stereocenters. The van der Waals surface area contributed by atoms with Gasteiger partial charge in [-0.15, -0.1) is 0 Å². The number of benzene rings is 3. The molecule has 1 fully saturated rings. The van der Waals surface area contributed by atoms with Gasteiger partial charge in [-0.05, 0) is 48.2 Å². The van der Waals surface area contributed by atoms with Crippen molar-refractivity contribution in [3.63, 3.8) is 0 Å². The maximum atomic E-state index is 9.51. The Morgan fingerprint density at radius 2 is 0.846 bits per heavy atom. The standard InChI is InChI=1S/C18H20O2.C6H6/c19-16-8-4-14(5-9-16)18(12-2-1-3-13-18)15-6-10-17(20)11-7-15;1-2-4-6-5-3-1/h4-11,19-20H,1-3,12-13H2;1-6H. The maximum absolute atomic E-state index is 9.51. The average Bonchev–Trinajstić information content (AvgIpc) is 2.71. The highest BCUT2D eigenvalue weighted by Gasteiger charge is 2.35. The zero-order valence-electron chi connectivity index (χ0n) is 15.0. The zero-order chi connectivity index (χ0) is 18.2. The number of hydrogen-bond acceptors (Lipinski definition) is 2. The minimum Gasteiger partial charge on any atom is -0.508 e. The van der Waals surface area contributed by atoms with E-state index in [1.54, 1.807) is 24.3 Å². The molecule has 0 atom stereocenters. The van der Waals surface area contributed by atoms with Crippen molar-refractivity contribution in [3.8, 4) is 11.5 Å². The summed E-state index contributed by atoms with van der Waals surface area (Å²) in [5.41, 5.74) is 2.56. The van der Waals surface area contributed by atoms with Gasteiger partial charge in [0.05, 0.1) is 0 Å². The Labute approximate surface area is 155 Å². The van der Waals surface area contributed by atoms with Crippen LogP contribution in [0, 0.1) is 0 Å². The molecule has 3 aromatic rings. The minimum atomic E-state index is 0.0274. The quantitative estimate of drug-likeness (QED) is 0.594. The van der Waals surface area contributed by atoms with Gasteiger partial charge in [0.15, 0.2) is 0 Å². The van der Waals surface area contributed by atoms with E-state index in [4.69, 9.17) is 0 Å². The molecule has 1 saturated carbocycles. The third-order valence-electron chi connectivity index (χ3n) is 5.21. The van der Waals surface area contributed by atoms with Gasteiger partial charge in [0.25, 0.3) is 0 Å². The molecule has 26 heavy (non-hydrogen) atoms. The van der Waals surface area contributed by atoms with Gasteiger partial charge in [-0.3, -0.25) is 0 Å². The monoisotopic (exact) mass is 346 g/mol. The van der Waals surface area contributed by atoms with Crippen LogP contribution < -0.4 is 0 Å². The Morgan fingerprint density at radius 3 is 1.19 bits per heavy atom. The topological polar surface area (TPSA) is 40.5 Å². The first-order valence-electron chi connectivity index (χ1n) is 9.30. The third kappa shape index (κ3) is 4.26. The van der Waals surface area contributed by atoms with Crippen molar-refractivity contribution in [2.24, 2.45) is 0 Å². The van der Waals surface area contributed by atoms with Crippen molar-refractivity contribution < 1.29 is 10.2 Å². The van der Waals surface area contributed by atoms with E-state index < -0.39 is 0 Å². The molecule has 0 aliphatic heterocycles. The van der Waals surface area contributed by atoms with Crippen LogP contribution in [-0.4, -0.2) is 10.2 Å². The summed E-state index contributed by atoms with van der Waals surface area (Å²) in [4.78, 5) is 0. The number of rotatable bonds is 2. The van der Waals surface area contributed by atoms with E-state index in [1.807, 2.05) is 60.7 Å². The Hall–Kier alpha value is -2.74. The zero-order valence-corrected chi connectivity index (χ0v) is 15.0. The molecule has 4 rings (SSSR count). The summed E-state index contributed by atoms with van der Waals surface area (Å²) >= 11 is 0. The van der Waals surface area contributed by atoms with E-state index >= 15 is 0 Å².